The molecule has 3 heteroatoms. The standard InChI is InChI=1S/C17H22N2O/c1-13-9-14(2)11-15(10-13)19(3)16(20)17(12-18)7-5-4-6-8-17/h9-11H,4-8H2,1-3H3. The summed E-state index contributed by atoms with van der Waals surface area (Å²) in [6, 6.07) is 8.39. The van der Waals surface area contributed by atoms with Crippen LogP contribution in [-0.2, 0) is 4.79 Å². The molecule has 1 saturated carbocycles. The van der Waals surface area contributed by atoms with Gasteiger partial charge in [0, 0.05) is 12.7 Å². The lowest BCUT2D eigenvalue weighted by molar-refractivity contribution is -0.126. The predicted octanol–water partition coefficient (Wildman–Crippen LogP) is 3.74. The first-order valence-electron chi connectivity index (χ1n) is 7.26. The molecule has 0 radical (unpaired) electrons. The van der Waals surface area contributed by atoms with Crippen molar-refractivity contribution in [3.05, 3.63) is 29.3 Å². The number of carbonyl (C=O) groups excluding carboxylic acids is 1. The molecule has 106 valence electrons. The van der Waals surface area contributed by atoms with Crippen LogP contribution in [-0.4, -0.2) is 13.0 Å². The molecule has 0 saturated heterocycles. The van der Waals surface area contributed by atoms with Crippen molar-refractivity contribution in [1.29, 1.82) is 5.26 Å². The van der Waals surface area contributed by atoms with Crippen LogP contribution in [0.15, 0.2) is 18.2 Å². The van der Waals surface area contributed by atoms with E-state index in [2.05, 4.69) is 12.1 Å². The maximum atomic E-state index is 12.8. The molecule has 0 spiro atoms. The van der Waals surface area contributed by atoms with E-state index in [0.29, 0.717) is 12.8 Å². The first-order valence-corrected chi connectivity index (χ1v) is 7.26. The first kappa shape index (κ1) is 14.6. The minimum Gasteiger partial charge on any atom is -0.314 e. The van der Waals surface area contributed by atoms with Gasteiger partial charge in [0.2, 0.25) is 5.91 Å². The molecule has 3 nitrogen and oxygen atoms in total. The van der Waals surface area contributed by atoms with Gasteiger partial charge in [-0.15, -0.1) is 0 Å². The lowest BCUT2D eigenvalue weighted by Gasteiger charge is -2.33. The third kappa shape index (κ3) is 2.70. The van der Waals surface area contributed by atoms with E-state index in [-0.39, 0.29) is 5.91 Å². The van der Waals surface area contributed by atoms with Gasteiger partial charge >= 0.3 is 0 Å². The van der Waals surface area contributed by atoms with E-state index in [1.165, 1.54) is 0 Å². The van der Waals surface area contributed by atoms with Crippen molar-refractivity contribution >= 4 is 11.6 Å². The molecule has 0 atom stereocenters. The highest BCUT2D eigenvalue weighted by Gasteiger charge is 2.41. The summed E-state index contributed by atoms with van der Waals surface area (Å²) in [5.41, 5.74) is 2.33. The largest absolute Gasteiger partial charge is 0.314 e. The number of nitriles is 1. The summed E-state index contributed by atoms with van der Waals surface area (Å²) in [5, 5.41) is 9.52. The molecular formula is C17H22N2O. The summed E-state index contributed by atoms with van der Waals surface area (Å²) in [7, 11) is 1.78. The minimum absolute atomic E-state index is 0.0512. The molecule has 0 aromatic heterocycles. The zero-order valence-electron chi connectivity index (χ0n) is 12.6. The van der Waals surface area contributed by atoms with Gasteiger partial charge in [0.1, 0.15) is 5.41 Å². The number of benzene rings is 1. The van der Waals surface area contributed by atoms with Crippen molar-refractivity contribution < 1.29 is 4.79 Å². The highest BCUT2D eigenvalue weighted by atomic mass is 16.2. The van der Waals surface area contributed by atoms with Gasteiger partial charge in [-0.25, -0.2) is 0 Å². The van der Waals surface area contributed by atoms with Gasteiger partial charge in [-0.05, 0) is 49.9 Å². The highest BCUT2D eigenvalue weighted by molar-refractivity contribution is 5.99. The Balaban J connectivity index is 2.29. The minimum atomic E-state index is -0.815. The molecule has 1 aliphatic rings. The molecule has 0 bridgehead atoms. The molecule has 1 aliphatic carbocycles. The lowest BCUT2D eigenvalue weighted by atomic mass is 9.74. The van der Waals surface area contributed by atoms with Crippen LogP contribution in [0.4, 0.5) is 5.69 Å². The predicted molar refractivity (Wildman–Crippen MR) is 80.5 cm³/mol. The first-order chi connectivity index (χ1) is 9.48. The van der Waals surface area contributed by atoms with Crippen molar-refractivity contribution in [3.8, 4) is 6.07 Å². The van der Waals surface area contributed by atoms with Crippen LogP contribution in [0.5, 0.6) is 0 Å². The third-order valence-corrected chi connectivity index (χ3v) is 4.23. The fourth-order valence-electron chi connectivity index (χ4n) is 3.11. The van der Waals surface area contributed by atoms with Crippen molar-refractivity contribution in [3.63, 3.8) is 0 Å². The van der Waals surface area contributed by atoms with Gasteiger partial charge in [0.15, 0.2) is 0 Å². The van der Waals surface area contributed by atoms with Crippen molar-refractivity contribution in [2.24, 2.45) is 5.41 Å². The fraction of sp³-hybridized carbons (Fsp3) is 0.529. The van der Waals surface area contributed by atoms with Crippen LogP contribution in [0.25, 0.3) is 0 Å². The SMILES string of the molecule is Cc1cc(C)cc(N(C)C(=O)C2(C#N)CCCCC2)c1. The molecule has 0 aliphatic heterocycles. The molecule has 1 aromatic rings. The van der Waals surface area contributed by atoms with Crippen LogP contribution >= 0.6 is 0 Å². The van der Waals surface area contributed by atoms with Crippen molar-refractivity contribution in [2.75, 3.05) is 11.9 Å². The lowest BCUT2D eigenvalue weighted by Crippen LogP contribution is -2.42. The summed E-state index contributed by atoms with van der Waals surface area (Å²) in [4.78, 5) is 14.4. The average Bonchev–Trinajstić information content (AvgIpc) is 2.45. The molecule has 1 fully saturated rings. The van der Waals surface area contributed by atoms with Crippen LogP contribution in [0.1, 0.15) is 43.2 Å². The van der Waals surface area contributed by atoms with Crippen LogP contribution in [0, 0.1) is 30.6 Å². The molecule has 0 N–H and O–H groups in total. The van der Waals surface area contributed by atoms with Crippen molar-refractivity contribution in [2.45, 2.75) is 46.0 Å². The molecule has 20 heavy (non-hydrogen) atoms. The zero-order chi connectivity index (χ0) is 14.8. The Labute approximate surface area is 121 Å². The topological polar surface area (TPSA) is 44.1 Å². The van der Waals surface area contributed by atoms with Gasteiger partial charge in [0.05, 0.1) is 6.07 Å². The molecule has 0 unspecified atom stereocenters. The van der Waals surface area contributed by atoms with Crippen LogP contribution in [0.2, 0.25) is 0 Å². The molecule has 1 aromatic carbocycles. The van der Waals surface area contributed by atoms with Crippen LogP contribution in [0.3, 0.4) is 0 Å². The molecule has 0 heterocycles. The summed E-state index contributed by atoms with van der Waals surface area (Å²) < 4.78 is 0. The van der Waals surface area contributed by atoms with E-state index >= 15 is 0 Å². The summed E-state index contributed by atoms with van der Waals surface area (Å²) in [5.74, 6) is -0.0512. The number of hydrogen-bond donors (Lipinski definition) is 0. The van der Waals surface area contributed by atoms with Crippen LogP contribution < -0.4 is 4.90 Å². The Morgan fingerprint density at radius 2 is 1.70 bits per heavy atom. The average molecular weight is 270 g/mol. The van der Waals surface area contributed by atoms with Gasteiger partial charge in [-0.2, -0.15) is 5.26 Å². The Kier molecular flexibility index (Phi) is 4.13. The van der Waals surface area contributed by atoms with Gasteiger partial charge < -0.3 is 4.90 Å². The second kappa shape index (κ2) is 5.66. The summed E-state index contributed by atoms with van der Waals surface area (Å²) >= 11 is 0. The van der Waals surface area contributed by atoms with E-state index in [9.17, 15) is 10.1 Å². The zero-order valence-corrected chi connectivity index (χ0v) is 12.6. The Hall–Kier alpha value is -1.82. The number of aryl methyl sites for hydroxylation is 2. The van der Waals surface area contributed by atoms with E-state index < -0.39 is 5.41 Å². The maximum absolute atomic E-state index is 12.8. The molecular weight excluding hydrogens is 248 g/mol. The number of rotatable bonds is 2. The van der Waals surface area contributed by atoms with E-state index in [0.717, 1.165) is 36.1 Å². The number of amides is 1. The fourth-order valence-corrected chi connectivity index (χ4v) is 3.11. The number of hydrogen-bond acceptors (Lipinski definition) is 2. The summed E-state index contributed by atoms with van der Waals surface area (Å²) in [6.45, 7) is 4.05. The van der Waals surface area contributed by atoms with E-state index in [4.69, 9.17) is 0 Å². The quantitative estimate of drug-likeness (QED) is 0.821. The monoisotopic (exact) mass is 270 g/mol. The van der Waals surface area contributed by atoms with E-state index in [1.807, 2.05) is 26.0 Å². The normalized spacial score (nSPS) is 17.3. The highest BCUT2D eigenvalue weighted by Crippen LogP contribution is 2.38. The second-order valence-corrected chi connectivity index (χ2v) is 5.96. The van der Waals surface area contributed by atoms with E-state index in [1.54, 1.807) is 11.9 Å². The van der Waals surface area contributed by atoms with Gasteiger partial charge in [0.25, 0.3) is 0 Å². The number of anilines is 1. The van der Waals surface area contributed by atoms with Gasteiger partial charge in [-0.1, -0.05) is 25.3 Å². The Bertz CT molecular complexity index is 530. The number of nitrogens with zero attached hydrogens (tertiary/aromatic N) is 2. The molecule has 2 rings (SSSR count). The maximum Gasteiger partial charge on any atom is 0.247 e. The smallest absolute Gasteiger partial charge is 0.247 e. The number of carbonyl (C=O) groups is 1. The molecule has 1 amide bonds. The third-order valence-electron chi connectivity index (χ3n) is 4.23. The van der Waals surface area contributed by atoms with Crippen molar-refractivity contribution in [1.82, 2.24) is 0 Å². The Morgan fingerprint density at radius 1 is 1.15 bits per heavy atom. The summed E-state index contributed by atoms with van der Waals surface area (Å²) in [6.07, 6.45) is 4.46. The van der Waals surface area contributed by atoms with Gasteiger partial charge in [-0.3, -0.25) is 4.79 Å². The second-order valence-electron chi connectivity index (χ2n) is 5.96. The Morgan fingerprint density at radius 3 is 2.20 bits per heavy atom.